The van der Waals surface area contributed by atoms with Crippen LogP contribution in [0.25, 0.3) is 0 Å². The van der Waals surface area contributed by atoms with E-state index in [1.165, 1.54) is 36.4 Å². The van der Waals surface area contributed by atoms with Gasteiger partial charge in [0.2, 0.25) is 17.7 Å². The molecule has 1 saturated heterocycles. The average molecular weight is 692 g/mol. The van der Waals surface area contributed by atoms with Crippen molar-refractivity contribution >= 4 is 47.3 Å². The molecule has 0 radical (unpaired) electrons. The molecule has 1 unspecified atom stereocenters. The van der Waals surface area contributed by atoms with Gasteiger partial charge in [-0.25, -0.2) is 4.79 Å². The number of amides is 5. The van der Waals surface area contributed by atoms with Gasteiger partial charge in [-0.05, 0) is 35.4 Å². The van der Waals surface area contributed by atoms with Crippen LogP contribution >= 0.6 is 11.8 Å². The summed E-state index contributed by atoms with van der Waals surface area (Å²) in [5.41, 5.74) is 10.7. The minimum absolute atomic E-state index is 0. The molecular weight excluding hydrogens is 661 g/mol. The summed E-state index contributed by atoms with van der Waals surface area (Å²) < 4.78 is 0. The maximum absolute atomic E-state index is 12.7. The molecule has 0 bridgehead atoms. The Balaban J connectivity index is 0.00000529. The van der Waals surface area contributed by atoms with Gasteiger partial charge in [-0.15, -0.1) is 0 Å². The third-order valence-corrected chi connectivity index (χ3v) is 8.37. The summed E-state index contributed by atoms with van der Waals surface area (Å²) in [5.74, 6) is -4.47. The molecule has 2 aromatic rings. The first-order valence-electron chi connectivity index (χ1n) is 13.0. The second-order valence-corrected chi connectivity index (χ2v) is 11.5. The number of aliphatic hydroxyl groups is 2. The number of aliphatic carboxylic acids is 1. The van der Waals surface area contributed by atoms with Crippen LogP contribution in [0.4, 0.5) is 0 Å². The third kappa shape index (κ3) is 9.56. The van der Waals surface area contributed by atoms with E-state index in [1.807, 2.05) is 0 Å². The van der Waals surface area contributed by atoms with Crippen LogP contribution in [0, 0.1) is 0 Å². The number of primary amides is 2. The predicted molar refractivity (Wildman–Crippen MR) is 154 cm³/mol. The number of hydrogen-bond acceptors (Lipinski definition) is 9. The predicted octanol–water partition coefficient (Wildman–Crippen LogP) is -6.13. The number of β-lactam (4-membered cyclic amide) rings is 1. The van der Waals surface area contributed by atoms with E-state index < -0.39 is 52.6 Å². The fourth-order valence-electron chi connectivity index (χ4n) is 4.93. The number of nitrogens with two attached hydrogens (primary N) is 2. The minimum Gasteiger partial charge on any atom is -1.00 e. The quantitative estimate of drug-likeness (QED) is 0.0774. The van der Waals surface area contributed by atoms with Crippen LogP contribution in [-0.2, 0) is 19.2 Å². The zero-order valence-electron chi connectivity index (χ0n) is 26.6. The molecule has 0 aromatic heterocycles. The molecule has 0 saturated carbocycles. The Morgan fingerprint density at radius 2 is 1.38 bits per heavy atom. The number of aliphatic hydroxyl groups excluding tert-OH is 2. The van der Waals surface area contributed by atoms with E-state index >= 15 is 0 Å². The maximum atomic E-state index is 12.7. The monoisotopic (exact) mass is 691 g/mol. The van der Waals surface area contributed by atoms with Gasteiger partial charge in [0, 0.05) is 28.9 Å². The fraction of sp³-hybridized carbons (Fsp3) is 0.286. The Labute approximate surface area is 349 Å². The van der Waals surface area contributed by atoms with Gasteiger partial charge in [-0.3, -0.25) is 28.9 Å². The summed E-state index contributed by atoms with van der Waals surface area (Å²) in [6.45, 7) is -0.741. The molecule has 2 heterocycles. The summed E-state index contributed by atoms with van der Waals surface area (Å²) in [5, 5.41) is 36.8. The Morgan fingerprint density at radius 3 is 1.82 bits per heavy atom. The Hall–Kier alpha value is -1.46. The molecule has 9 N–H and O–H groups in total. The van der Waals surface area contributed by atoms with Gasteiger partial charge < -0.3 is 40.3 Å². The van der Waals surface area contributed by atoms with E-state index in [4.69, 9.17) is 11.5 Å². The van der Waals surface area contributed by atoms with Crippen molar-refractivity contribution in [3.8, 4) is 0 Å². The Morgan fingerprint density at radius 1 is 0.889 bits per heavy atom. The number of carbonyl (C=O) groups is 6. The Kier molecular flexibility index (Phi) is 15.1. The van der Waals surface area contributed by atoms with Crippen LogP contribution in [0.1, 0.15) is 66.2 Å². The van der Waals surface area contributed by atoms with Crippen molar-refractivity contribution in [3.05, 3.63) is 81.4 Å². The normalized spacial score (nSPS) is 17.9. The summed E-state index contributed by atoms with van der Waals surface area (Å²) >= 11 is 1.06. The summed E-state index contributed by atoms with van der Waals surface area (Å²) in [7, 11) is 0. The molecule has 2 aliphatic heterocycles. The van der Waals surface area contributed by atoms with Crippen molar-refractivity contribution in [3.63, 3.8) is 0 Å². The van der Waals surface area contributed by atoms with E-state index in [0.29, 0.717) is 11.1 Å². The van der Waals surface area contributed by atoms with E-state index in [1.54, 1.807) is 12.1 Å². The average Bonchev–Trinajstić information content (AvgIpc) is 3.21. The van der Waals surface area contributed by atoms with Gasteiger partial charge in [-0.2, -0.15) is 0 Å². The zero-order chi connectivity index (χ0) is 31.5. The van der Waals surface area contributed by atoms with Crippen LogP contribution in [0.2, 0.25) is 0 Å². The molecule has 0 spiro atoms. The minimum atomic E-state index is -1.38. The first-order chi connectivity index (χ1) is 20.3. The number of carboxylic acid groups (broad SMARTS) is 1. The molecule has 2 aliphatic rings. The van der Waals surface area contributed by atoms with E-state index in [-0.39, 0.29) is 160 Å². The van der Waals surface area contributed by atoms with Crippen molar-refractivity contribution in [2.75, 3.05) is 13.1 Å². The molecule has 1 fully saturated rings. The molecule has 17 heteroatoms. The fourth-order valence-corrected chi connectivity index (χ4v) is 6.62. The smallest absolute Gasteiger partial charge is 1.00 e. The number of rotatable bonds is 13. The SMILES string of the molecule is NC(=O)CNC(=O)c1cccc([C@@H](O)CC2=C(C(=O)O)N3C(=O)CC3(C[C@H](O)c3cccc(C(=O)NCC(N)=O)c3)S2)c1.[H-].[H-].[K+].[K+]. The summed E-state index contributed by atoms with van der Waals surface area (Å²) in [4.78, 5) is 71.7. The molecule has 45 heavy (non-hydrogen) atoms. The van der Waals surface area contributed by atoms with Gasteiger partial charge in [0.1, 0.15) is 10.6 Å². The molecule has 230 valence electrons. The number of thioether (sulfide) groups is 1. The standard InChI is InChI=1S/C28H29N5O9S.2K.2H/c29-21(36)12-31-25(39)16-5-1-3-14(7-16)18(34)9-20-24(27(41)42)33-23(38)11-28(33,43-20)10-19(35)15-4-2-6-17(8-15)26(40)32-13-22(30)37;;;;/h1-8,18-19,34-35H,9-13H2,(H2,29,36)(H2,30,37)(H,31,39)(H,32,40)(H,41,42);;;;/q;2*+1;2*-1/t18-,19-,28?;;;;/m0..../s1. The number of hydrogen-bond donors (Lipinski definition) is 7. The van der Waals surface area contributed by atoms with Crippen molar-refractivity contribution in [2.45, 2.75) is 36.3 Å². The first-order valence-corrected chi connectivity index (χ1v) is 13.8. The largest absolute Gasteiger partial charge is 1.00 e. The van der Waals surface area contributed by atoms with Crippen molar-refractivity contribution in [1.29, 1.82) is 0 Å². The zero-order valence-corrected chi connectivity index (χ0v) is 31.7. The van der Waals surface area contributed by atoms with Crippen LogP contribution in [0.3, 0.4) is 0 Å². The molecule has 14 nitrogen and oxygen atoms in total. The summed E-state index contributed by atoms with van der Waals surface area (Å²) in [6, 6.07) is 11.9. The van der Waals surface area contributed by atoms with Crippen LogP contribution in [0.5, 0.6) is 0 Å². The number of nitrogens with zero attached hydrogens (tertiary/aromatic N) is 1. The second-order valence-electron chi connectivity index (χ2n) is 10.0. The Bertz CT molecular complexity index is 1570. The molecule has 3 atom stereocenters. The number of carboxylic acids is 1. The molecule has 5 amide bonds. The van der Waals surface area contributed by atoms with Gasteiger partial charge in [0.25, 0.3) is 11.8 Å². The summed E-state index contributed by atoms with van der Waals surface area (Å²) in [6.07, 6.45) is -2.81. The molecule has 2 aromatic carbocycles. The van der Waals surface area contributed by atoms with Crippen molar-refractivity contribution in [1.82, 2.24) is 15.5 Å². The molecular formula is C28H31K2N5O9S. The maximum Gasteiger partial charge on any atom is 1.00 e. The van der Waals surface area contributed by atoms with Crippen LogP contribution < -0.4 is 125 Å². The topological polar surface area (TPSA) is 242 Å². The first kappa shape index (κ1) is 39.7. The van der Waals surface area contributed by atoms with E-state index in [0.717, 1.165) is 16.7 Å². The number of nitrogens with one attached hydrogen (secondary N) is 2. The molecule has 4 rings (SSSR count). The van der Waals surface area contributed by atoms with Crippen molar-refractivity contribution < 1.29 is 150 Å². The van der Waals surface area contributed by atoms with Crippen LogP contribution in [-0.4, -0.2) is 73.7 Å². The van der Waals surface area contributed by atoms with E-state index in [9.17, 15) is 44.1 Å². The third-order valence-electron chi connectivity index (χ3n) is 6.89. The second kappa shape index (κ2) is 17.1. The van der Waals surface area contributed by atoms with Crippen molar-refractivity contribution in [2.24, 2.45) is 11.5 Å². The number of benzene rings is 2. The van der Waals surface area contributed by atoms with Gasteiger partial charge in [0.05, 0.1) is 31.7 Å². The van der Waals surface area contributed by atoms with E-state index in [2.05, 4.69) is 10.6 Å². The van der Waals surface area contributed by atoms with Crippen LogP contribution in [0.15, 0.2) is 59.1 Å². The number of fused-ring (bicyclic) bond motifs is 1. The van der Waals surface area contributed by atoms with Gasteiger partial charge >= 0.3 is 109 Å². The molecule has 0 aliphatic carbocycles. The van der Waals surface area contributed by atoms with Gasteiger partial charge in [0.15, 0.2) is 0 Å². The number of carbonyl (C=O) groups excluding carboxylic acids is 5. The van der Waals surface area contributed by atoms with Gasteiger partial charge in [-0.1, -0.05) is 36.0 Å².